The summed E-state index contributed by atoms with van der Waals surface area (Å²) in [7, 11) is 3.11. The molecule has 0 aliphatic heterocycles. The Hall–Kier alpha value is -2.08. The molecule has 0 bridgehead atoms. The van der Waals surface area contributed by atoms with Crippen molar-refractivity contribution in [3.8, 4) is 22.1 Å². The van der Waals surface area contributed by atoms with Crippen LogP contribution in [0.15, 0.2) is 18.2 Å². The van der Waals surface area contributed by atoms with Crippen molar-refractivity contribution in [3.05, 3.63) is 28.8 Å². The second-order valence-corrected chi connectivity index (χ2v) is 4.99. The molecule has 2 rings (SSSR count). The lowest BCUT2D eigenvalue weighted by Gasteiger charge is -2.10. The zero-order valence-electron chi connectivity index (χ0n) is 11.5. The van der Waals surface area contributed by atoms with Gasteiger partial charge in [0.15, 0.2) is 11.5 Å². The molecule has 0 atom stereocenters. The second kappa shape index (κ2) is 5.92. The number of hydrogen-bond donors (Lipinski definition) is 1. The summed E-state index contributed by atoms with van der Waals surface area (Å²) < 4.78 is 10.6. The lowest BCUT2D eigenvalue weighted by atomic mass is 10.2. The molecule has 1 aromatic carbocycles. The number of methoxy groups -OCH3 is 2. The molecule has 0 spiro atoms. The second-order valence-electron chi connectivity index (χ2n) is 3.99. The van der Waals surface area contributed by atoms with E-state index in [4.69, 9.17) is 9.47 Å². The predicted molar refractivity (Wildman–Crippen MR) is 77.0 cm³/mol. The summed E-state index contributed by atoms with van der Waals surface area (Å²) in [5.41, 5.74) is 1.32. The van der Waals surface area contributed by atoms with Crippen molar-refractivity contribution in [1.29, 1.82) is 0 Å². The number of nitrogens with zero attached hydrogens (tertiary/aromatic N) is 1. The lowest BCUT2D eigenvalue weighted by Crippen LogP contribution is -1.97. The topological polar surface area (TPSA) is 68.7 Å². The van der Waals surface area contributed by atoms with Gasteiger partial charge in [0, 0.05) is 0 Å². The van der Waals surface area contributed by atoms with Gasteiger partial charge in [-0.05, 0) is 18.6 Å². The normalized spacial score (nSPS) is 10.3. The number of aryl methyl sites for hydroxylation is 1. The molecule has 0 saturated carbocycles. The Morgan fingerprint density at radius 2 is 2.10 bits per heavy atom. The van der Waals surface area contributed by atoms with Crippen molar-refractivity contribution < 1.29 is 19.4 Å². The minimum Gasteiger partial charge on any atom is -0.493 e. The maximum atomic E-state index is 11.2. The fourth-order valence-corrected chi connectivity index (χ4v) is 2.94. The van der Waals surface area contributed by atoms with Gasteiger partial charge in [-0.1, -0.05) is 13.0 Å². The molecule has 2 aromatic rings. The van der Waals surface area contributed by atoms with Crippen LogP contribution in [0.1, 0.15) is 22.3 Å². The third kappa shape index (κ3) is 2.46. The van der Waals surface area contributed by atoms with Crippen LogP contribution in [0.25, 0.3) is 10.6 Å². The van der Waals surface area contributed by atoms with Crippen LogP contribution in [0.3, 0.4) is 0 Å². The number of carbonyl (C=O) groups is 1. The van der Waals surface area contributed by atoms with E-state index >= 15 is 0 Å². The third-order valence-electron chi connectivity index (χ3n) is 2.86. The summed E-state index contributed by atoms with van der Waals surface area (Å²) >= 11 is 1.15. The average molecular weight is 293 g/mol. The maximum absolute atomic E-state index is 11.2. The molecule has 0 saturated heterocycles. The van der Waals surface area contributed by atoms with Crippen LogP contribution in [0.2, 0.25) is 0 Å². The highest BCUT2D eigenvalue weighted by Gasteiger charge is 2.20. The van der Waals surface area contributed by atoms with Gasteiger partial charge >= 0.3 is 5.97 Å². The SMILES string of the molecule is CCc1nc(-c2cccc(OC)c2OC)sc1C(=O)O. The Labute approximate surface area is 120 Å². The first-order chi connectivity index (χ1) is 9.62. The molecule has 0 radical (unpaired) electrons. The van der Waals surface area contributed by atoms with Gasteiger partial charge in [-0.25, -0.2) is 9.78 Å². The van der Waals surface area contributed by atoms with E-state index in [9.17, 15) is 9.90 Å². The summed E-state index contributed by atoms with van der Waals surface area (Å²) in [6.07, 6.45) is 0.574. The zero-order chi connectivity index (χ0) is 14.7. The van der Waals surface area contributed by atoms with Crippen molar-refractivity contribution in [2.75, 3.05) is 14.2 Å². The van der Waals surface area contributed by atoms with Crippen LogP contribution < -0.4 is 9.47 Å². The molecule has 0 unspecified atom stereocenters. The fraction of sp³-hybridized carbons (Fsp3) is 0.286. The van der Waals surface area contributed by atoms with Gasteiger partial charge in [-0.3, -0.25) is 0 Å². The van der Waals surface area contributed by atoms with Gasteiger partial charge in [-0.15, -0.1) is 11.3 Å². The number of carboxylic acids is 1. The first-order valence-corrected chi connectivity index (χ1v) is 6.88. The maximum Gasteiger partial charge on any atom is 0.347 e. The van der Waals surface area contributed by atoms with E-state index in [1.807, 2.05) is 19.1 Å². The molecule has 1 aromatic heterocycles. The van der Waals surface area contributed by atoms with E-state index < -0.39 is 5.97 Å². The summed E-state index contributed by atoms with van der Waals surface area (Å²) in [5, 5.41) is 9.82. The Bertz CT molecular complexity index is 636. The molecule has 0 fully saturated rings. The number of aromatic nitrogens is 1. The van der Waals surface area contributed by atoms with Crippen molar-refractivity contribution in [3.63, 3.8) is 0 Å². The summed E-state index contributed by atoms with van der Waals surface area (Å²) in [6, 6.07) is 5.45. The van der Waals surface area contributed by atoms with Crippen LogP contribution in [0.4, 0.5) is 0 Å². The van der Waals surface area contributed by atoms with E-state index in [1.165, 1.54) is 0 Å². The van der Waals surface area contributed by atoms with Gasteiger partial charge in [-0.2, -0.15) is 0 Å². The Morgan fingerprint density at radius 1 is 1.35 bits per heavy atom. The highest BCUT2D eigenvalue weighted by molar-refractivity contribution is 7.17. The van der Waals surface area contributed by atoms with Gasteiger partial charge in [0.2, 0.25) is 0 Å². The molecule has 106 valence electrons. The van der Waals surface area contributed by atoms with E-state index in [1.54, 1.807) is 20.3 Å². The number of benzene rings is 1. The number of para-hydroxylation sites is 1. The molecule has 20 heavy (non-hydrogen) atoms. The van der Waals surface area contributed by atoms with Crippen LogP contribution >= 0.6 is 11.3 Å². The van der Waals surface area contributed by atoms with Crippen molar-refractivity contribution >= 4 is 17.3 Å². The molecular weight excluding hydrogens is 278 g/mol. The molecule has 0 aliphatic rings. The highest BCUT2D eigenvalue weighted by Crippen LogP contribution is 2.40. The summed E-state index contributed by atoms with van der Waals surface area (Å²) in [6.45, 7) is 1.88. The monoisotopic (exact) mass is 293 g/mol. The van der Waals surface area contributed by atoms with Gasteiger partial charge < -0.3 is 14.6 Å². The average Bonchev–Trinajstić information content (AvgIpc) is 2.90. The van der Waals surface area contributed by atoms with E-state index in [0.717, 1.165) is 16.9 Å². The van der Waals surface area contributed by atoms with Gasteiger partial charge in [0.1, 0.15) is 9.88 Å². The Kier molecular flexibility index (Phi) is 4.24. The number of aromatic carboxylic acids is 1. The molecule has 1 heterocycles. The van der Waals surface area contributed by atoms with Crippen molar-refractivity contribution in [1.82, 2.24) is 4.98 Å². The summed E-state index contributed by atoms with van der Waals surface area (Å²) in [5.74, 6) is 0.200. The molecule has 5 nitrogen and oxygen atoms in total. The molecule has 0 aliphatic carbocycles. The third-order valence-corrected chi connectivity index (χ3v) is 3.98. The van der Waals surface area contributed by atoms with Gasteiger partial charge in [0.25, 0.3) is 0 Å². The summed E-state index contributed by atoms with van der Waals surface area (Å²) in [4.78, 5) is 15.9. The number of ether oxygens (including phenoxy) is 2. The first-order valence-electron chi connectivity index (χ1n) is 6.06. The molecule has 0 amide bonds. The molecular formula is C14H15NO4S. The predicted octanol–water partition coefficient (Wildman–Crippen LogP) is 3.09. The zero-order valence-corrected chi connectivity index (χ0v) is 12.3. The molecule has 1 N–H and O–H groups in total. The number of hydrogen-bond acceptors (Lipinski definition) is 5. The number of carboxylic acid groups (broad SMARTS) is 1. The van der Waals surface area contributed by atoms with Crippen LogP contribution in [0, 0.1) is 0 Å². The van der Waals surface area contributed by atoms with Crippen molar-refractivity contribution in [2.45, 2.75) is 13.3 Å². The van der Waals surface area contributed by atoms with E-state index in [0.29, 0.717) is 28.6 Å². The lowest BCUT2D eigenvalue weighted by molar-refractivity contribution is 0.0701. The fourth-order valence-electron chi connectivity index (χ4n) is 1.93. The quantitative estimate of drug-likeness (QED) is 0.917. The number of rotatable bonds is 5. The largest absolute Gasteiger partial charge is 0.493 e. The van der Waals surface area contributed by atoms with E-state index in [2.05, 4.69) is 4.98 Å². The van der Waals surface area contributed by atoms with Gasteiger partial charge in [0.05, 0.1) is 25.5 Å². The van der Waals surface area contributed by atoms with Crippen LogP contribution in [0.5, 0.6) is 11.5 Å². The van der Waals surface area contributed by atoms with Crippen LogP contribution in [-0.2, 0) is 6.42 Å². The minimum absolute atomic E-state index is 0.271. The molecule has 6 heteroatoms. The van der Waals surface area contributed by atoms with Crippen molar-refractivity contribution in [2.24, 2.45) is 0 Å². The minimum atomic E-state index is -0.951. The number of thiazole rings is 1. The Morgan fingerprint density at radius 3 is 2.60 bits per heavy atom. The first kappa shape index (κ1) is 14.3. The van der Waals surface area contributed by atoms with E-state index in [-0.39, 0.29) is 4.88 Å². The smallest absolute Gasteiger partial charge is 0.347 e. The van der Waals surface area contributed by atoms with Crippen LogP contribution in [-0.4, -0.2) is 30.3 Å². The Balaban J connectivity index is 2.60. The standard InChI is InChI=1S/C14H15NO4S/c1-4-9-12(14(16)17)20-13(15-9)8-6-5-7-10(18-2)11(8)19-3/h5-7H,4H2,1-3H3,(H,16,17). The highest BCUT2D eigenvalue weighted by atomic mass is 32.1.